The highest BCUT2D eigenvalue weighted by Gasteiger charge is 2.19. The first kappa shape index (κ1) is 19.6. The number of hydrogen-bond acceptors (Lipinski definition) is 3. The largest absolute Gasteiger partial charge is 0.347 e. The molecular formula is C21H21ClN4O2. The molecule has 0 spiro atoms. The van der Waals surface area contributed by atoms with Crippen molar-refractivity contribution in [2.75, 3.05) is 20.6 Å². The van der Waals surface area contributed by atoms with Gasteiger partial charge in [-0.05, 0) is 17.7 Å². The van der Waals surface area contributed by atoms with Crippen molar-refractivity contribution in [3.8, 4) is 11.3 Å². The van der Waals surface area contributed by atoms with E-state index in [1.54, 1.807) is 37.1 Å². The molecule has 1 N–H and O–H groups in total. The SMILES string of the molecule is CN(C)C(=O)CNC(=O)c1cn(Cc2ccccc2)nc1-c1ccc(Cl)cc1. The average Bonchev–Trinajstić information content (AvgIpc) is 3.11. The Hall–Kier alpha value is -3.12. The number of likely N-dealkylation sites (N-methyl/N-ethyl adjacent to an activating group) is 1. The highest BCUT2D eigenvalue weighted by Crippen LogP contribution is 2.24. The van der Waals surface area contributed by atoms with Crippen molar-refractivity contribution in [1.82, 2.24) is 20.0 Å². The lowest BCUT2D eigenvalue weighted by Crippen LogP contribution is -2.36. The van der Waals surface area contributed by atoms with Crippen LogP contribution in [0.1, 0.15) is 15.9 Å². The first-order valence-electron chi connectivity index (χ1n) is 8.79. The van der Waals surface area contributed by atoms with Crippen molar-refractivity contribution in [2.24, 2.45) is 0 Å². The third-order valence-corrected chi connectivity index (χ3v) is 4.46. The van der Waals surface area contributed by atoms with Gasteiger partial charge in [0.1, 0.15) is 5.69 Å². The number of carbonyl (C=O) groups excluding carboxylic acids is 2. The second-order valence-corrected chi connectivity index (χ2v) is 6.99. The van der Waals surface area contributed by atoms with E-state index in [0.717, 1.165) is 11.1 Å². The summed E-state index contributed by atoms with van der Waals surface area (Å²) in [6.45, 7) is 0.459. The average molecular weight is 397 g/mol. The molecule has 1 heterocycles. The van der Waals surface area contributed by atoms with Gasteiger partial charge in [0.15, 0.2) is 0 Å². The maximum absolute atomic E-state index is 12.7. The molecule has 0 radical (unpaired) electrons. The maximum Gasteiger partial charge on any atom is 0.255 e. The Kier molecular flexibility index (Phi) is 6.11. The highest BCUT2D eigenvalue weighted by atomic mass is 35.5. The van der Waals surface area contributed by atoms with Crippen LogP contribution in [0.3, 0.4) is 0 Å². The molecule has 0 unspecified atom stereocenters. The van der Waals surface area contributed by atoms with Crippen molar-refractivity contribution < 1.29 is 9.59 Å². The van der Waals surface area contributed by atoms with Crippen molar-refractivity contribution in [3.63, 3.8) is 0 Å². The minimum absolute atomic E-state index is 0.0737. The van der Waals surface area contributed by atoms with Gasteiger partial charge in [0.25, 0.3) is 5.91 Å². The number of benzene rings is 2. The second kappa shape index (κ2) is 8.71. The molecule has 0 aliphatic heterocycles. The lowest BCUT2D eigenvalue weighted by Gasteiger charge is -2.10. The van der Waals surface area contributed by atoms with Crippen LogP contribution in [0.4, 0.5) is 0 Å². The fourth-order valence-corrected chi connectivity index (χ4v) is 2.80. The monoisotopic (exact) mass is 396 g/mol. The molecule has 3 aromatic rings. The standard InChI is InChI=1S/C21H21ClN4O2/c1-25(2)19(27)12-23-21(28)18-14-26(13-15-6-4-3-5-7-15)24-20(18)16-8-10-17(22)11-9-16/h3-11,14H,12-13H2,1-2H3,(H,23,28). The summed E-state index contributed by atoms with van der Waals surface area (Å²) in [5, 5.41) is 7.88. The summed E-state index contributed by atoms with van der Waals surface area (Å²) in [4.78, 5) is 26.0. The molecule has 28 heavy (non-hydrogen) atoms. The Morgan fingerprint density at radius 2 is 1.75 bits per heavy atom. The zero-order valence-corrected chi connectivity index (χ0v) is 16.5. The molecule has 2 aromatic carbocycles. The third-order valence-electron chi connectivity index (χ3n) is 4.21. The van der Waals surface area contributed by atoms with Crippen molar-refractivity contribution in [2.45, 2.75) is 6.54 Å². The number of aromatic nitrogens is 2. The summed E-state index contributed by atoms with van der Waals surface area (Å²) >= 11 is 5.98. The van der Waals surface area contributed by atoms with Crippen LogP contribution >= 0.6 is 11.6 Å². The number of nitrogens with one attached hydrogen (secondary N) is 1. The van der Waals surface area contributed by atoms with E-state index >= 15 is 0 Å². The zero-order valence-electron chi connectivity index (χ0n) is 15.7. The van der Waals surface area contributed by atoms with Gasteiger partial charge in [0.2, 0.25) is 5.91 Å². The topological polar surface area (TPSA) is 67.2 Å². The van der Waals surface area contributed by atoms with Gasteiger partial charge in [0, 0.05) is 30.9 Å². The Balaban J connectivity index is 1.90. The van der Waals surface area contributed by atoms with Gasteiger partial charge in [-0.3, -0.25) is 14.3 Å². The summed E-state index contributed by atoms with van der Waals surface area (Å²) < 4.78 is 1.72. The van der Waals surface area contributed by atoms with Crippen LogP contribution in [0.5, 0.6) is 0 Å². The summed E-state index contributed by atoms with van der Waals surface area (Å²) in [5.41, 5.74) is 2.80. The molecular weight excluding hydrogens is 376 g/mol. The van der Waals surface area contributed by atoms with E-state index in [4.69, 9.17) is 11.6 Å². The Labute approximate surface area is 168 Å². The molecule has 144 valence electrons. The molecule has 2 amide bonds. The number of rotatable bonds is 6. The Morgan fingerprint density at radius 3 is 2.39 bits per heavy atom. The van der Waals surface area contributed by atoms with Crippen LogP contribution in [0.2, 0.25) is 5.02 Å². The van der Waals surface area contributed by atoms with E-state index < -0.39 is 0 Å². The lowest BCUT2D eigenvalue weighted by atomic mass is 10.1. The minimum Gasteiger partial charge on any atom is -0.347 e. The molecule has 3 rings (SSSR count). The van der Waals surface area contributed by atoms with Gasteiger partial charge in [0.05, 0.1) is 18.7 Å². The van der Waals surface area contributed by atoms with E-state index in [1.807, 2.05) is 42.5 Å². The summed E-state index contributed by atoms with van der Waals surface area (Å²) in [6, 6.07) is 17.0. The van der Waals surface area contributed by atoms with Crippen LogP contribution < -0.4 is 5.32 Å². The molecule has 7 heteroatoms. The first-order chi connectivity index (χ1) is 13.4. The van der Waals surface area contributed by atoms with Crippen LogP contribution in [-0.4, -0.2) is 47.1 Å². The molecule has 0 atom stereocenters. The second-order valence-electron chi connectivity index (χ2n) is 6.55. The normalized spacial score (nSPS) is 10.5. The lowest BCUT2D eigenvalue weighted by molar-refractivity contribution is -0.127. The maximum atomic E-state index is 12.7. The molecule has 0 saturated heterocycles. The molecule has 0 saturated carbocycles. The quantitative estimate of drug-likeness (QED) is 0.696. The van der Waals surface area contributed by atoms with Gasteiger partial charge in [-0.15, -0.1) is 0 Å². The smallest absolute Gasteiger partial charge is 0.255 e. The van der Waals surface area contributed by atoms with Crippen LogP contribution in [0, 0.1) is 0 Å². The van der Waals surface area contributed by atoms with Crippen molar-refractivity contribution >= 4 is 23.4 Å². The predicted octanol–water partition coefficient (Wildman–Crippen LogP) is 3.07. The van der Waals surface area contributed by atoms with Crippen molar-refractivity contribution in [1.29, 1.82) is 0 Å². The van der Waals surface area contributed by atoms with Crippen molar-refractivity contribution in [3.05, 3.63) is 76.9 Å². The number of hydrogen-bond donors (Lipinski definition) is 1. The van der Waals surface area contributed by atoms with Crippen LogP contribution in [0.25, 0.3) is 11.3 Å². The number of nitrogens with zero attached hydrogens (tertiary/aromatic N) is 3. The van der Waals surface area contributed by atoms with E-state index in [-0.39, 0.29) is 18.4 Å². The summed E-state index contributed by atoms with van der Waals surface area (Å²) in [7, 11) is 3.29. The van der Waals surface area contributed by atoms with Crippen LogP contribution in [0.15, 0.2) is 60.8 Å². The summed E-state index contributed by atoms with van der Waals surface area (Å²) in [5.74, 6) is -0.530. The van der Waals surface area contributed by atoms with E-state index in [9.17, 15) is 9.59 Å². The molecule has 6 nitrogen and oxygen atoms in total. The van der Waals surface area contributed by atoms with E-state index in [0.29, 0.717) is 22.8 Å². The number of halogens is 1. The number of carbonyl (C=O) groups is 2. The van der Waals surface area contributed by atoms with Crippen LogP contribution in [-0.2, 0) is 11.3 Å². The van der Waals surface area contributed by atoms with Gasteiger partial charge < -0.3 is 10.2 Å². The first-order valence-corrected chi connectivity index (χ1v) is 9.17. The fraction of sp³-hybridized carbons (Fsp3) is 0.190. The zero-order chi connectivity index (χ0) is 20.1. The van der Waals surface area contributed by atoms with E-state index in [1.165, 1.54) is 4.90 Å². The Bertz CT molecular complexity index is 966. The molecule has 0 aliphatic rings. The fourth-order valence-electron chi connectivity index (χ4n) is 2.67. The van der Waals surface area contributed by atoms with Gasteiger partial charge in [-0.1, -0.05) is 54.1 Å². The van der Waals surface area contributed by atoms with Gasteiger partial charge >= 0.3 is 0 Å². The molecule has 0 fully saturated rings. The molecule has 0 aliphatic carbocycles. The third kappa shape index (κ3) is 4.78. The minimum atomic E-state index is -0.348. The predicted molar refractivity (Wildman–Crippen MR) is 109 cm³/mol. The summed E-state index contributed by atoms with van der Waals surface area (Å²) in [6.07, 6.45) is 1.70. The molecule has 1 aromatic heterocycles. The number of amides is 2. The van der Waals surface area contributed by atoms with E-state index in [2.05, 4.69) is 10.4 Å². The van der Waals surface area contributed by atoms with Gasteiger partial charge in [-0.25, -0.2) is 0 Å². The molecule has 0 bridgehead atoms. The Morgan fingerprint density at radius 1 is 1.07 bits per heavy atom. The van der Waals surface area contributed by atoms with Gasteiger partial charge in [-0.2, -0.15) is 5.10 Å². The highest BCUT2D eigenvalue weighted by molar-refractivity contribution is 6.30.